The van der Waals surface area contributed by atoms with Gasteiger partial charge in [-0.1, -0.05) is 19.9 Å². The first-order chi connectivity index (χ1) is 11.7. The van der Waals surface area contributed by atoms with Crippen LogP contribution >= 0.6 is 0 Å². The molecule has 0 aliphatic carbocycles. The fourth-order valence-corrected chi connectivity index (χ4v) is 6.32. The van der Waals surface area contributed by atoms with Crippen LogP contribution in [0.15, 0.2) is 29.2 Å². The van der Waals surface area contributed by atoms with Crippen LogP contribution in [0.3, 0.4) is 0 Å². The average molecular weight is 389 g/mol. The molecule has 25 heavy (non-hydrogen) atoms. The molecule has 0 spiro atoms. The quantitative estimate of drug-likeness (QED) is 0.762. The molecule has 2 rings (SSSR count). The summed E-state index contributed by atoms with van der Waals surface area (Å²) >= 11 is 0. The number of carbonyl (C=O) groups is 1. The van der Waals surface area contributed by atoms with E-state index in [1.807, 2.05) is 0 Å². The van der Waals surface area contributed by atoms with E-state index in [4.69, 9.17) is 0 Å². The van der Waals surface area contributed by atoms with E-state index >= 15 is 0 Å². The van der Waals surface area contributed by atoms with Crippen LogP contribution in [0.5, 0.6) is 0 Å². The van der Waals surface area contributed by atoms with Gasteiger partial charge in [-0.2, -0.15) is 4.31 Å². The van der Waals surface area contributed by atoms with Crippen molar-refractivity contribution in [2.75, 3.05) is 29.9 Å². The van der Waals surface area contributed by atoms with Crippen molar-refractivity contribution in [2.45, 2.75) is 31.6 Å². The van der Waals surface area contributed by atoms with Gasteiger partial charge in [-0.3, -0.25) is 4.79 Å². The fourth-order valence-electron chi connectivity index (χ4n) is 2.95. The smallest absolute Gasteiger partial charge is 0.243 e. The molecule has 1 aliphatic rings. The topological polar surface area (TPSA) is 101 Å². The van der Waals surface area contributed by atoms with Gasteiger partial charge in [-0.25, -0.2) is 16.8 Å². The second kappa shape index (κ2) is 7.84. The highest BCUT2D eigenvalue weighted by Crippen LogP contribution is 2.23. The van der Waals surface area contributed by atoms with Crippen molar-refractivity contribution < 1.29 is 21.6 Å². The summed E-state index contributed by atoms with van der Waals surface area (Å²) in [5.41, 5.74) is 0.388. The van der Waals surface area contributed by atoms with Crippen molar-refractivity contribution in [2.24, 2.45) is 5.92 Å². The van der Waals surface area contributed by atoms with Gasteiger partial charge in [0.15, 0.2) is 9.84 Å². The van der Waals surface area contributed by atoms with E-state index in [1.54, 1.807) is 26.0 Å². The first-order valence-corrected chi connectivity index (χ1v) is 11.5. The molecule has 0 bridgehead atoms. The van der Waals surface area contributed by atoms with Crippen molar-refractivity contribution in [3.63, 3.8) is 0 Å². The van der Waals surface area contributed by atoms with E-state index in [0.717, 1.165) is 0 Å². The fraction of sp³-hybridized carbons (Fsp3) is 0.562. The summed E-state index contributed by atoms with van der Waals surface area (Å²) in [4.78, 5) is 12.2. The van der Waals surface area contributed by atoms with Gasteiger partial charge >= 0.3 is 0 Å². The standard InChI is InChI=1S/C16H24N2O5S2/c1-3-18(4-2)25(22,23)15-7-5-6-14(11-15)17-16(19)10-13-8-9-24(20,21)12-13/h5-7,11,13H,3-4,8-10,12H2,1-2H3,(H,17,19)/t13-/m0/s1. The van der Waals surface area contributed by atoms with Gasteiger partial charge in [0.05, 0.1) is 16.4 Å². The van der Waals surface area contributed by atoms with Gasteiger partial charge < -0.3 is 5.32 Å². The van der Waals surface area contributed by atoms with Crippen molar-refractivity contribution in [3.05, 3.63) is 24.3 Å². The Bertz CT molecular complexity index is 830. The zero-order chi connectivity index (χ0) is 18.7. The van der Waals surface area contributed by atoms with Crippen LogP contribution in [0.2, 0.25) is 0 Å². The van der Waals surface area contributed by atoms with Crippen LogP contribution in [0.1, 0.15) is 26.7 Å². The number of sulfonamides is 1. The molecule has 140 valence electrons. The number of nitrogens with one attached hydrogen (secondary N) is 1. The predicted octanol–water partition coefficient (Wildman–Crippen LogP) is 1.48. The molecule has 0 unspecified atom stereocenters. The Morgan fingerprint density at radius 3 is 2.52 bits per heavy atom. The van der Waals surface area contributed by atoms with Crippen LogP contribution in [-0.4, -0.2) is 51.6 Å². The number of nitrogens with zero attached hydrogens (tertiary/aromatic N) is 1. The second-order valence-electron chi connectivity index (χ2n) is 6.14. The van der Waals surface area contributed by atoms with E-state index in [2.05, 4.69) is 5.32 Å². The zero-order valence-electron chi connectivity index (χ0n) is 14.4. The predicted molar refractivity (Wildman–Crippen MR) is 96.6 cm³/mol. The molecule has 7 nitrogen and oxygen atoms in total. The molecule has 1 atom stereocenters. The summed E-state index contributed by atoms with van der Waals surface area (Å²) < 4.78 is 49.3. The third-order valence-corrected chi connectivity index (χ3v) is 8.14. The summed E-state index contributed by atoms with van der Waals surface area (Å²) in [6.07, 6.45) is 0.610. The van der Waals surface area contributed by atoms with E-state index < -0.39 is 19.9 Å². The minimum Gasteiger partial charge on any atom is -0.326 e. The molecule has 1 N–H and O–H groups in total. The first kappa shape index (κ1) is 19.9. The van der Waals surface area contributed by atoms with Gasteiger partial charge in [0, 0.05) is 25.2 Å². The number of amides is 1. The molecular formula is C16H24N2O5S2. The maximum Gasteiger partial charge on any atom is 0.243 e. The van der Waals surface area contributed by atoms with Crippen LogP contribution in [0.4, 0.5) is 5.69 Å². The van der Waals surface area contributed by atoms with Crippen molar-refractivity contribution in [1.29, 1.82) is 0 Å². The Morgan fingerprint density at radius 1 is 1.28 bits per heavy atom. The van der Waals surface area contributed by atoms with Gasteiger partial charge in [0.2, 0.25) is 15.9 Å². The lowest BCUT2D eigenvalue weighted by molar-refractivity contribution is -0.116. The van der Waals surface area contributed by atoms with Crippen LogP contribution in [0.25, 0.3) is 0 Å². The minimum absolute atomic E-state index is 0.0385. The molecule has 1 fully saturated rings. The number of carbonyl (C=O) groups excluding carboxylic acids is 1. The molecule has 1 amide bonds. The van der Waals surface area contributed by atoms with Gasteiger partial charge in [-0.15, -0.1) is 0 Å². The lowest BCUT2D eigenvalue weighted by Crippen LogP contribution is -2.30. The second-order valence-corrected chi connectivity index (χ2v) is 10.3. The van der Waals surface area contributed by atoms with Crippen molar-refractivity contribution in [3.8, 4) is 0 Å². The van der Waals surface area contributed by atoms with Gasteiger partial charge in [0.1, 0.15) is 0 Å². The van der Waals surface area contributed by atoms with E-state index in [1.165, 1.54) is 16.4 Å². The molecular weight excluding hydrogens is 364 g/mol. The maximum atomic E-state index is 12.5. The third-order valence-electron chi connectivity index (χ3n) is 4.26. The summed E-state index contributed by atoms with van der Waals surface area (Å²) in [6.45, 7) is 4.27. The molecule has 1 aromatic rings. The first-order valence-electron chi connectivity index (χ1n) is 8.28. The molecule has 1 heterocycles. The molecule has 0 aromatic heterocycles. The van der Waals surface area contributed by atoms with Crippen LogP contribution < -0.4 is 5.32 Å². The summed E-state index contributed by atoms with van der Waals surface area (Å²) in [7, 11) is -6.61. The Balaban J connectivity index is 2.08. The Labute approximate surface area is 149 Å². The molecule has 1 aromatic carbocycles. The summed E-state index contributed by atoms with van der Waals surface area (Å²) in [5, 5.41) is 2.67. The molecule has 1 saturated heterocycles. The van der Waals surface area contributed by atoms with Gasteiger partial charge in [-0.05, 0) is 30.5 Å². The average Bonchev–Trinajstić information content (AvgIpc) is 2.87. The van der Waals surface area contributed by atoms with Crippen molar-refractivity contribution >= 4 is 31.5 Å². The number of benzene rings is 1. The van der Waals surface area contributed by atoms with Crippen LogP contribution in [-0.2, 0) is 24.7 Å². The molecule has 0 saturated carbocycles. The highest BCUT2D eigenvalue weighted by molar-refractivity contribution is 7.91. The van der Waals surface area contributed by atoms with Gasteiger partial charge in [0.25, 0.3) is 0 Å². The van der Waals surface area contributed by atoms with E-state index in [9.17, 15) is 21.6 Å². The van der Waals surface area contributed by atoms with E-state index in [0.29, 0.717) is 25.2 Å². The molecule has 9 heteroatoms. The zero-order valence-corrected chi connectivity index (χ0v) is 16.1. The summed E-state index contributed by atoms with van der Waals surface area (Å²) in [6, 6.07) is 6.11. The SMILES string of the molecule is CCN(CC)S(=O)(=O)c1cccc(NC(=O)C[C@@H]2CCS(=O)(=O)C2)c1. The molecule has 1 aliphatic heterocycles. The molecule has 0 radical (unpaired) electrons. The number of rotatable bonds is 7. The van der Waals surface area contributed by atoms with E-state index in [-0.39, 0.29) is 34.6 Å². The summed E-state index contributed by atoms with van der Waals surface area (Å²) in [5.74, 6) is -0.314. The lowest BCUT2D eigenvalue weighted by atomic mass is 10.1. The normalized spacial score (nSPS) is 19.9. The Morgan fingerprint density at radius 2 is 1.96 bits per heavy atom. The van der Waals surface area contributed by atoms with Crippen LogP contribution in [0, 0.1) is 5.92 Å². The van der Waals surface area contributed by atoms with Crippen molar-refractivity contribution in [1.82, 2.24) is 4.31 Å². The maximum absolute atomic E-state index is 12.5. The lowest BCUT2D eigenvalue weighted by Gasteiger charge is -2.19. The monoisotopic (exact) mass is 388 g/mol. The minimum atomic E-state index is -3.59. The number of hydrogen-bond acceptors (Lipinski definition) is 5. The number of hydrogen-bond donors (Lipinski definition) is 1. The Hall–Kier alpha value is -1.45. The number of anilines is 1. The largest absolute Gasteiger partial charge is 0.326 e. The highest BCUT2D eigenvalue weighted by atomic mass is 32.2. The highest BCUT2D eigenvalue weighted by Gasteiger charge is 2.29. The Kier molecular flexibility index (Phi) is 6.23. The number of sulfone groups is 1. The third kappa shape index (κ3) is 5.02.